The van der Waals surface area contributed by atoms with Gasteiger partial charge in [0.25, 0.3) is 0 Å². The summed E-state index contributed by atoms with van der Waals surface area (Å²) in [5, 5.41) is 20.5. The minimum atomic E-state index is 0.0505. The molecule has 1 heterocycles. The van der Waals surface area contributed by atoms with Crippen LogP contribution in [0.4, 0.5) is 5.69 Å². The van der Waals surface area contributed by atoms with E-state index in [-0.39, 0.29) is 5.57 Å². The molecule has 4 heteroatoms. The second-order valence-corrected chi connectivity index (χ2v) is 4.40. The molecule has 4 nitrogen and oxygen atoms in total. The molecule has 0 radical (unpaired) electrons. The van der Waals surface area contributed by atoms with Crippen molar-refractivity contribution >= 4 is 5.69 Å². The van der Waals surface area contributed by atoms with Crippen molar-refractivity contribution < 1.29 is 0 Å². The fourth-order valence-electron chi connectivity index (χ4n) is 1.93. The van der Waals surface area contributed by atoms with Gasteiger partial charge in [-0.2, -0.15) is 10.5 Å². The van der Waals surface area contributed by atoms with Crippen LogP contribution in [0.2, 0.25) is 0 Å². The summed E-state index contributed by atoms with van der Waals surface area (Å²) < 4.78 is 0. The van der Waals surface area contributed by atoms with E-state index >= 15 is 0 Å². The molecule has 2 rings (SSSR count). The van der Waals surface area contributed by atoms with Gasteiger partial charge < -0.3 is 5.32 Å². The molecule has 0 unspecified atom stereocenters. The molecule has 0 spiro atoms. The highest BCUT2D eigenvalue weighted by molar-refractivity contribution is 5.55. The zero-order valence-corrected chi connectivity index (χ0v) is 11.5. The highest BCUT2D eigenvalue weighted by Gasteiger charge is 2.02. The van der Waals surface area contributed by atoms with Crippen LogP contribution in [-0.4, -0.2) is 4.98 Å². The van der Waals surface area contributed by atoms with Crippen LogP contribution >= 0.6 is 0 Å². The summed E-state index contributed by atoms with van der Waals surface area (Å²) in [7, 11) is 0. The van der Waals surface area contributed by atoms with Crippen LogP contribution in [0.25, 0.3) is 0 Å². The number of hydrogen-bond donors (Lipinski definition) is 1. The largest absolute Gasteiger partial charge is 0.360 e. The summed E-state index contributed by atoms with van der Waals surface area (Å²) in [4.78, 5) is 4.31. The third-order valence-electron chi connectivity index (χ3n) is 3.01. The minimum Gasteiger partial charge on any atom is -0.360 e. The van der Waals surface area contributed by atoms with E-state index in [1.165, 1.54) is 6.20 Å². The number of aromatic nitrogens is 1. The van der Waals surface area contributed by atoms with E-state index in [4.69, 9.17) is 10.5 Å². The van der Waals surface area contributed by atoms with Crippen LogP contribution in [0.15, 0.2) is 60.4 Å². The van der Waals surface area contributed by atoms with Crippen LogP contribution in [0.5, 0.6) is 0 Å². The highest BCUT2D eigenvalue weighted by Crippen LogP contribution is 2.17. The molecule has 0 atom stereocenters. The van der Waals surface area contributed by atoms with Crippen molar-refractivity contribution in [3.8, 4) is 12.1 Å². The van der Waals surface area contributed by atoms with E-state index < -0.39 is 0 Å². The van der Waals surface area contributed by atoms with E-state index in [0.29, 0.717) is 0 Å². The van der Waals surface area contributed by atoms with E-state index in [1.54, 1.807) is 6.20 Å². The Balaban J connectivity index is 2.09. The monoisotopic (exact) mass is 274 g/mol. The van der Waals surface area contributed by atoms with E-state index in [9.17, 15) is 0 Å². The van der Waals surface area contributed by atoms with Crippen molar-refractivity contribution in [2.45, 2.75) is 12.8 Å². The lowest BCUT2D eigenvalue weighted by Crippen LogP contribution is -1.99. The zero-order valence-electron chi connectivity index (χ0n) is 11.5. The molecule has 2 aromatic rings. The van der Waals surface area contributed by atoms with Gasteiger partial charge in [0.15, 0.2) is 0 Å². The van der Waals surface area contributed by atoms with Crippen molar-refractivity contribution in [3.05, 3.63) is 71.7 Å². The number of para-hydroxylation sites is 1. The SMILES string of the molecule is N#CC(C#N)=CNc1ccccc1CCc1ccccn1. The molecule has 0 aliphatic rings. The predicted molar refractivity (Wildman–Crippen MR) is 81.0 cm³/mol. The topological polar surface area (TPSA) is 72.5 Å². The first-order valence-corrected chi connectivity index (χ1v) is 6.58. The van der Waals surface area contributed by atoms with Crippen LogP contribution in [0.1, 0.15) is 11.3 Å². The van der Waals surface area contributed by atoms with Crippen LogP contribution in [-0.2, 0) is 12.8 Å². The average Bonchev–Trinajstić information content (AvgIpc) is 2.56. The number of pyridine rings is 1. The maximum atomic E-state index is 8.74. The van der Waals surface area contributed by atoms with Gasteiger partial charge in [0.2, 0.25) is 0 Å². The van der Waals surface area contributed by atoms with Crippen molar-refractivity contribution in [1.29, 1.82) is 10.5 Å². The molecule has 1 aromatic carbocycles. The van der Waals surface area contributed by atoms with Gasteiger partial charge in [0, 0.05) is 23.8 Å². The Bertz CT molecular complexity index is 690. The fourth-order valence-corrected chi connectivity index (χ4v) is 1.93. The lowest BCUT2D eigenvalue weighted by Gasteiger charge is -2.09. The Labute approximate surface area is 124 Å². The Morgan fingerprint density at radius 2 is 1.81 bits per heavy atom. The first kappa shape index (κ1) is 14.3. The summed E-state index contributed by atoms with van der Waals surface area (Å²) in [5.41, 5.74) is 3.11. The molecule has 0 bridgehead atoms. The molecule has 1 aromatic heterocycles. The normalized spacial score (nSPS) is 9.24. The number of nitrogens with zero attached hydrogens (tertiary/aromatic N) is 3. The van der Waals surface area contributed by atoms with E-state index in [0.717, 1.165) is 29.8 Å². The molecule has 1 N–H and O–H groups in total. The molecule has 0 saturated heterocycles. The van der Waals surface area contributed by atoms with Crippen molar-refractivity contribution in [3.63, 3.8) is 0 Å². The van der Waals surface area contributed by atoms with Crippen LogP contribution in [0, 0.1) is 22.7 Å². The van der Waals surface area contributed by atoms with E-state index in [1.807, 2.05) is 54.6 Å². The minimum absolute atomic E-state index is 0.0505. The standard InChI is InChI=1S/C17H14N4/c18-11-14(12-19)13-21-17-7-2-1-5-15(17)8-9-16-6-3-4-10-20-16/h1-7,10,13,21H,8-9H2. The third kappa shape index (κ3) is 4.19. The average molecular weight is 274 g/mol. The molecular weight excluding hydrogens is 260 g/mol. The predicted octanol–water partition coefficient (Wildman–Crippen LogP) is 3.21. The zero-order chi connectivity index (χ0) is 14.9. The summed E-state index contributed by atoms with van der Waals surface area (Å²) in [6.45, 7) is 0. The lowest BCUT2D eigenvalue weighted by molar-refractivity contribution is 0.915. The number of rotatable bonds is 5. The first-order chi connectivity index (χ1) is 10.3. The number of hydrogen-bond acceptors (Lipinski definition) is 4. The number of allylic oxidation sites excluding steroid dienone is 1. The van der Waals surface area contributed by atoms with Crippen molar-refractivity contribution in [1.82, 2.24) is 4.98 Å². The third-order valence-corrected chi connectivity index (χ3v) is 3.01. The Morgan fingerprint density at radius 3 is 2.52 bits per heavy atom. The molecule has 21 heavy (non-hydrogen) atoms. The van der Waals surface area contributed by atoms with Gasteiger partial charge in [-0.3, -0.25) is 4.98 Å². The van der Waals surface area contributed by atoms with Gasteiger partial charge in [-0.1, -0.05) is 24.3 Å². The smallest absolute Gasteiger partial charge is 0.145 e. The molecule has 0 aliphatic carbocycles. The second-order valence-electron chi connectivity index (χ2n) is 4.40. The lowest BCUT2D eigenvalue weighted by atomic mass is 10.1. The number of nitriles is 2. The summed E-state index contributed by atoms with van der Waals surface area (Å²) in [6.07, 6.45) is 4.89. The quantitative estimate of drug-likeness (QED) is 0.850. The number of anilines is 1. The van der Waals surface area contributed by atoms with Gasteiger partial charge >= 0.3 is 0 Å². The highest BCUT2D eigenvalue weighted by atomic mass is 14.8. The van der Waals surface area contributed by atoms with Crippen LogP contribution < -0.4 is 5.32 Å². The molecule has 102 valence electrons. The summed E-state index contributed by atoms with van der Waals surface area (Å²) in [6, 6.07) is 17.4. The van der Waals surface area contributed by atoms with Crippen molar-refractivity contribution in [2.75, 3.05) is 5.32 Å². The fraction of sp³-hybridized carbons (Fsp3) is 0.118. The second kappa shape index (κ2) is 7.47. The first-order valence-electron chi connectivity index (χ1n) is 6.58. The van der Waals surface area contributed by atoms with Gasteiger partial charge in [0.05, 0.1) is 0 Å². The summed E-state index contributed by atoms with van der Waals surface area (Å²) in [5.74, 6) is 0. The van der Waals surface area contributed by atoms with Gasteiger partial charge in [0.1, 0.15) is 17.7 Å². The Kier molecular flexibility index (Phi) is 5.09. The maximum absolute atomic E-state index is 8.74. The summed E-state index contributed by atoms with van der Waals surface area (Å²) >= 11 is 0. The maximum Gasteiger partial charge on any atom is 0.145 e. The van der Waals surface area contributed by atoms with Crippen LogP contribution in [0.3, 0.4) is 0 Å². The molecule has 0 aliphatic heterocycles. The van der Waals surface area contributed by atoms with Crippen molar-refractivity contribution in [2.24, 2.45) is 0 Å². The number of benzene rings is 1. The molecule has 0 saturated carbocycles. The molecule has 0 amide bonds. The number of aryl methyl sites for hydroxylation is 2. The molecular formula is C17H14N4. The van der Waals surface area contributed by atoms with E-state index in [2.05, 4.69) is 10.3 Å². The van der Waals surface area contributed by atoms with Gasteiger partial charge in [-0.25, -0.2) is 0 Å². The van der Waals surface area contributed by atoms with Gasteiger partial charge in [-0.15, -0.1) is 0 Å². The Morgan fingerprint density at radius 1 is 1.05 bits per heavy atom. The molecule has 0 fully saturated rings. The Hall–Kier alpha value is -3.11. The number of nitrogens with one attached hydrogen (secondary N) is 1. The van der Waals surface area contributed by atoms with Gasteiger partial charge in [-0.05, 0) is 36.6 Å².